The summed E-state index contributed by atoms with van der Waals surface area (Å²) in [5.41, 5.74) is 2.70. The molecule has 118 valence electrons. The third kappa shape index (κ3) is 4.19. The Morgan fingerprint density at radius 2 is 2.10 bits per heavy atom. The minimum absolute atomic E-state index is 0.214. The van der Waals surface area contributed by atoms with Crippen molar-refractivity contribution in [2.45, 2.75) is 38.8 Å². The Kier molecular flexibility index (Phi) is 6.49. The summed E-state index contributed by atoms with van der Waals surface area (Å²) in [6.07, 6.45) is 2.28. The van der Waals surface area contributed by atoms with Crippen molar-refractivity contribution in [3.05, 3.63) is 29.3 Å². The topological polar surface area (TPSA) is 39.7 Å². The van der Waals surface area contributed by atoms with Crippen LogP contribution < -0.4 is 10.1 Å². The zero-order chi connectivity index (χ0) is 15.1. The quantitative estimate of drug-likeness (QED) is 0.748. The molecule has 21 heavy (non-hydrogen) atoms. The Bertz CT molecular complexity index is 436. The lowest BCUT2D eigenvalue weighted by atomic mass is 9.85. The van der Waals surface area contributed by atoms with Crippen molar-refractivity contribution in [1.82, 2.24) is 5.32 Å². The van der Waals surface area contributed by atoms with Gasteiger partial charge in [-0.2, -0.15) is 0 Å². The molecule has 0 saturated carbocycles. The van der Waals surface area contributed by atoms with E-state index in [0.717, 1.165) is 31.7 Å². The van der Waals surface area contributed by atoms with E-state index in [1.165, 1.54) is 11.1 Å². The van der Waals surface area contributed by atoms with E-state index in [1.54, 1.807) is 7.11 Å². The first kappa shape index (κ1) is 16.3. The van der Waals surface area contributed by atoms with Crippen LogP contribution in [-0.2, 0) is 15.9 Å². The summed E-state index contributed by atoms with van der Waals surface area (Å²) in [4.78, 5) is 0. The first-order valence-electron chi connectivity index (χ1n) is 7.89. The lowest BCUT2D eigenvalue weighted by Gasteiger charge is -2.34. The summed E-state index contributed by atoms with van der Waals surface area (Å²) in [7, 11) is 1.71. The molecule has 0 saturated heterocycles. The van der Waals surface area contributed by atoms with Gasteiger partial charge in [-0.3, -0.25) is 0 Å². The molecule has 1 aromatic rings. The van der Waals surface area contributed by atoms with Gasteiger partial charge in [0.05, 0.1) is 32.5 Å². The zero-order valence-electron chi connectivity index (χ0n) is 13.4. The number of ether oxygens (including phenoxy) is 3. The molecule has 2 rings (SSSR count). The smallest absolute Gasteiger partial charge is 0.119 e. The molecule has 1 N–H and O–H groups in total. The van der Waals surface area contributed by atoms with Crippen LogP contribution in [0.3, 0.4) is 0 Å². The standard InChI is InChI=1S/C17H27NO3/c1-4-18-17-15-8-7-14(19-3)12-13(15)6-9-16(17)21-11-10-20-5-2/h7-8,12,16-18H,4-6,9-11H2,1-3H3. The molecule has 2 unspecified atom stereocenters. The molecule has 0 radical (unpaired) electrons. The second-order valence-corrected chi connectivity index (χ2v) is 5.24. The van der Waals surface area contributed by atoms with Crippen LogP contribution >= 0.6 is 0 Å². The molecular formula is C17H27NO3. The lowest BCUT2D eigenvalue weighted by molar-refractivity contribution is -0.0166. The molecule has 1 aliphatic rings. The van der Waals surface area contributed by atoms with Crippen LogP contribution in [0.25, 0.3) is 0 Å². The highest BCUT2D eigenvalue weighted by atomic mass is 16.5. The molecule has 4 heteroatoms. The van der Waals surface area contributed by atoms with Gasteiger partial charge in [-0.25, -0.2) is 0 Å². The second-order valence-electron chi connectivity index (χ2n) is 5.24. The largest absolute Gasteiger partial charge is 0.497 e. The molecule has 1 aromatic carbocycles. The number of rotatable bonds is 8. The maximum absolute atomic E-state index is 6.04. The molecule has 0 aromatic heterocycles. The zero-order valence-corrected chi connectivity index (χ0v) is 13.4. The van der Waals surface area contributed by atoms with Crippen molar-refractivity contribution in [1.29, 1.82) is 0 Å². The second kappa shape index (κ2) is 8.37. The van der Waals surface area contributed by atoms with E-state index in [1.807, 2.05) is 13.0 Å². The van der Waals surface area contributed by atoms with E-state index < -0.39 is 0 Å². The van der Waals surface area contributed by atoms with Gasteiger partial charge in [-0.05, 0) is 49.6 Å². The fraction of sp³-hybridized carbons (Fsp3) is 0.647. The third-order valence-corrected chi connectivity index (χ3v) is 3.94. The average molecular weight is 293 g/mol. The highest BCUT2D eigenvalue weighted by Gasteiger charge is 2.29. The number of nitrogens with one attached hydrogen (secondary N) is 1. The maximum atomic E-state index is 6.04. The predicted molar refractivity (Wildman–Crippen MR) is 84.0 cm³/mol. The number of methoxy groups -OCH3 is 1. The van der Waals surface area contributed by atoms with Crippen LogP contribution in [0.4, 0.5) is 0 Å². The molecule has 0 fully saturated rings. The summed E-state index contributed by atoms with van der Waals surface area (Å²) in [5, 5.41) is 3.56. The van der Waals surface area contributed by atoms with Crippen molar-refractivity contribution in [2.24, 2.45) is 0 Å². The lowest BCUT2D eigenvalue weighted by Crippen LogP contribution is -2.38. The Balaban J connectivity index is 2.07. The van der Waals surface area contributed by atoms with Gasteiger partial charge in [0.25, 0.3) is 0 Å². The minimum Gasteiger partial charge on any atom is -0.497 e. The predicted octanol–water partition coefficient (Wildman–Crippen LogP) is 2.71. The Hall–Kier alpha value is -1.10. The van der Waals surface area contributed by atoms with Crippen LogP contribution in [0, 0.1) is 0 Å². The SMILES string of the molecule is CCNC1c2ccc(OC)cc2CCC1OCCOCC. The molecule has 0 spiro atoms. The van der Waals surface area contributed by atoms with Gasteiger partial charge in [-0.1, -0.05) is 13.0 Å². The molecule has 0 aliphatic heterocycles. The molecule has 0 heterocycles. The summed E-state index contributed by atoms with van der Waals surface area (Å²) < 4.78 is 16.7. The fourth-order valence-corrected chi connectivity index (χ4v) is 2.94. The number of hydrogen-bond acceptors (Lipinski definition) is 4. The number of benzene rings is 1. The van der Waals surface area contributed by atoms with Crippen LogP contribution in [0.5, 0.6) is 5.75 Å². The highest BCUT2D eigenvalue weighted by molar-refractivity contribution is 5.39. The first-order valence-corrected chi connectivity index (χ1v) is 7.89. The number of hydrogen-bond donors (Lipinski definition) is 1. The average Bonchev–Trinajstić information content (AvgIpc) is 2.52. The third-order valence-electron chi connectivity index (χ3n) is 3.94. The number of likely N-dealkylation sites (N-methyl/N-ethyl adjacent to an activating group) is 1. The van der Waals surface area contributed by atoms with E-state index in [2.05, 4.69) is 24.4 Å². The van der Waals surface area contributed by atoms with Crippen LogP contribution in [0.2, 0.25) is 0 Å². The highest BCUT2D eigenvalue weighted by Crippen LogP contribution is 2.34. The van der Waals surface area contributed by atoms with Gasteiger partial charge in [0.1, 0.15) is 5.75 Å². The fourth-order valence-electron chi connectivity index (χ4n) is 2.94. The van der Waals surface area contributed by atoms with Gasteiger partial charge < -0.3 is 19.5 Å². The van der Waals surface area contributed by atoms with E-state index in [-0.39, 0.29) is 12.1 Å². The maximum Gasteiger partial charge on any atom is 0.119 e. The Morgan fingerprint density at radius 3 is 2.81 bits per heavy atom. The van der Waals surface area contributed by atoms with Crippen LogP contribution in [0.15, 0.2) is 18.2 Å². The van der Waals surface area contributed by atoms with Gasteiger partial charge in [-0.15, -0.1) is 0 Å². The molecular weight excluding hydrogens is 266 g/mol. The van der Waals surface area contributed by atoms with Crippen molar-refractivity contribution in [3.8, 4) is 5.75 Å². The molecule has 4 nitrogen and oxygen atoms in total. The van der Waals surface area contributed by atoms with E-state index in [9.17, 15) is 0 Å². The Labute approximate surface area is 127 Å². The van der Waals surface area contributed by atoms with Crippen molar-refractivity contribution in [3.63, 3.8) is 0 Å². The first-order chi connectivity index (χ1) is 10.3. The summed E-state index contributed by atoms with van der Waals surface area (Å²) >= 11 is 0. The van der Waals surface area contributed by atoms with Crippen LogP contribution in [0.1, 0.15) is 37.4 Å². The van der Waals surface area contributed by atoms with Gasteiger partial charge in [0.15, 0.2) is 0 Å². The number of fused-ring (bicyclic) bond motifs is 1. The van der Waals surface area contributed by atoms with Crippen LogP contribution in [-0.4, -0.2) is 39.6 Å². The van der Waals surface area contributed by atoms with Gasteiger partial charge in [0, 0.05) is 6.61 Å². The van der Waals surface area contributed by atoms with Crippen molar-refractivity contribution >= 4 is 0 Å². The van der Waals surface area contributed by atoms with Gasteiger partial charge in [0.2, 0.25) is 0 Å². The van der Waals surface area contributed by atoms with E-state index in [0.29, 0.717) is 13.2 Å². The molecule has 1 aliphatic carbocycles. The molecule has 0 amide bonds. The summed E-state index contributed by atoms with van der Waals surface area (Å²) in [5.74, 6) is 0.930. The van der Waals surface area contributed by atoms with Gasteiger partial charge >= 0.3 is 0 Å². The minimum atomic E-state index is 0.214. The Morgan fingerprint density at radius 1 is 1.24 bits per heavy atom. The van der Waals surface area contributed by atoms with Crippen molar-refractivity contribution in [2.75, 3.05) is 33.5 Å². The summed E-state index contributed by atoms with van der Waals surface area (Å²) in [6.45, 7) is 7.14. The number of aryl methyl sites for hydroxylation is 1. The monoisotopic (exact) mass is 293 g/mol. The normalized spacial score (nSPS) is 21.1. The van der Waals surface area contributed by atoms with E-state index in [4.69, 9.17) is 14.2 Å². The molecule has 2 atom stereocenters. The van der Waals surface area contributed by atoms with E-state index >= 15 is 0 Å². The summed E-state index contributed by atoms with van der Waals surface area (Å²) in [6, 6.07) is 6.60. The molecule has 0 bridgehead atoms. The van der Waals surface area contributed by atoms with Crippen molar-refractivity contribution < 1.29 is 14.2 Å².